The molecular weight excluding hydrogens is 372 g/mol. The molecule has 1 aromatic heterocycles. The zero-order chi connectivity index (χ0) is 20.1. The summed E-state index contributed by atoms with van der Waals surface area (Å²) in [6.07, 6.45) is 3.85. The van der Waals surface area contributed by atoms with Gasteiger partial charge < -0.3 is 15.4 Å². The summed E-state index contributed by atoms with van der Waals surface area (Å²) in [5.41, 5.74) is 3.76. The number of anilines is 2. The molecule has 1 aliphatic carbocycles. The Morgan fingerprint density at radius 3 is 2.64 bits per heavy atom. The van der Waals surface area contributed by atoms with Gasteiger partial charge >= 0.3 is 5.97 Å². The minimum Gasteiger partial charge on any atom is -0.462 e. The Bertz CT molecular complexity index is 842. The first-order valence-corrected chi connectivity index (χ1v) is 10.8. The summed E-state index contributed by atoms with van der Waals surface area (Å²) in [6, 6.07) is 8.05. The fourth-order valence-corrected chi connectivity index (χ4v) is 4.88. The molecule has 1 heterocycles. The van der Waals surface area contributed by atoms with Crippen molar-refractivity contribution in [2.45, 2.75) is 46.5 Å². The predicted molar refractivity (Wildman–Crippen MR) is 114 cm³/mol. The third kappa shape index (κ3) is 4.73. The molecule has 0 fully saturated rings. The largest absolute Gasteiger partial charge is 0.462 e. The Hall–Kier alpha value is -2.34. The quantitative estimate of drug-likeness (QED) is 0.663. The van der Waals surface area contributed by atoms with Crippen molar-refractivity contribution in [3.8, 4) is 0 Å². The summed E-state index contributed by atoms with van der Waals surface area (Å²) in [4.78, 5) is 26.2. The molecular formula is C22H28N2O3S. The number of nitrogens with one attached hydrogen (secondary N) is 2. The first-order chi connectivity index (χ1) is 13.5. The van der Waals surface area contributed by atoms with Gasteiger partial charge in [0.25, 0.3) is 0 Å². The molecule has 1 amide bonds. The van der Waals surface area contributed by atoms with E-state index in [1.807, 2.05) is 24.3 Å². The topological polar surface area (TPSA) is 67.4 Å². The molecule has 1 aromatic carbocycles. The molecule has 3 rings (SSSR count). The molecule has 6 heteroatoms. The molecule has 0 aliphatic heterocycles. The lowest BCUT2D eigenvalue weighted by atomic mass is 9.88. The van der Waals surface area contributed by atoms with E-state index in [1.54, 1.807) is 6.92 Å². The van der Waals surface area contributed by atoms with Gasteiger partial charge in [-0.05, 0) is 61.8 Å². The molecule has 0 bridgehead atoms. The summed E-state index contributed by atoms with van der Waals surface area (Å²) in [7, 11) is 0. The van der Waals surface area contributed by atoms with Crippen molar-refractivity contribution in [1.82, 2.24) is 0 Å². The van der Waals surface area contributed by atoms with E-state index in [2.05, 4.69) is 24.5 Å². The highest BCUT2D eigenvalue weighted by Gasteiger charge is 2.29. The Morgan fingerprint density at radius 2 is 1.96 bits per heavy atom. The van der Waals surface area contributed by atoms with Crippen molar-refractivity contribution in [2.24, 2.45) is 5.92 Å². The van der Waals surface area contributed by atoms with Crippen LogP contribution in [0.15, 0.2) is 24.3 Å². The van der Waals surface area contributed by atoms with Crippen LogP contribution in [0.3, 0.4) is 0 Å². The van der Waals surface area contributed by atoms with Gasteiger partial charge in [-0.2, -0.15) is 0 Å². The van der Waals surface area contributed by atoms with Crippen LogP contribution in [0.5, 0.6) is 0 Å². The van der Waals surface area contributed by atoms with Gasteiger partial charge in [0, 0.05) is 10.6 Å². The monoisotopic (exact) mass is 400 g/mol. The lowest BCUT2D eigenvalue weighted by Gasteiger charge is -2.18. The Labute approximate surface area is 170 Å². The molecule has 2 N–H and O–H groups in total. The van der Waals surface area contributed by atoms with Crippen LogP contribution in [-0.4, -0.2) is 25.0 Å². The normalized spacial score (nSPS) is 15.6. The number of thiophene rings is 1. The lowest BCUT2D eigenvalue weighted by Crippen LogP contribution is -2.22. The van der Waals surface area contributed by atoms with Gasteiger partial charge in [0.05, 0.1) is 18.7 Å². The van der Waals surface area contributed by atoms with E-state index in [9.17, 15) is 9.59 Å². The highest BCUT2D eigenvalue weighted by molar-refractivity contribution is 7.17. The smallest absolute Gasteiger partial charge is 0.341 e. The Kier molecular flexibility index (Phi) is 6.73. The van der Waals surface area contributed by atoms with E-state index in [1.165, 1.54) is 21.8 Å². The second kappa shape index (κ2) is 9.24. The van der Waals surface area contributed by atoms with Gasteiger partial charge in [0.2, 0.25) is 5.91 Å². The molecule has 1 atom stereocenters. The van der Waals surface area contributed by atoms with Crippen molar-refractivity contribution < 1.29 is 14.3 Å². The SMILES string of the molecule is CCOC(=O)c1c(NC(=O)CNc2ccc(CC)cc2)sc2c1CCC(C)C2. The molecule has 0 saturated heterocycles. The summed E-state index contributed by atoms with van der Waals surface area (Å²) in [6.45, 7) is 6.59. The summed E-state index contributed by atoms with van der Waals surface area (Å²) >= 11 is 1.51. The van der Waals surface area contributed by atoms with Crippen LogP contribution in [0.4, 0.5) is 10.7 Å². The molecule has 2 aromatic rings. The fourth-order valence-electron chi connectivity index (χ4n) is 3.47. The van der Waals surface area contributed by atoms with Crippen LogP contribution in [0, 0.1) is 5.92 Å². The highest BCUT2D eigenvalue weighted by atomic mass is 32.1. The number of fused-ring (bicyclic) bond motifs is 1. The predicted octanol–water partition coefficient (Wildman–Crippen LogP) is 4.66. The number of carbonyl (C=O) groups is 2. The van der Waals surface area contributed by atoms with E-state index >= 15 is 0 Å². The Balaban J connectivity index is 1.71. The molecule has 0 radical (unpaired) electrons. The minimum atomic E-state index is -0.340. The number of esters is 1. The van der Waals surface area contributed by atoms with Crippen LogP contribution in [0.1, 0.15) is 53.6 Å². The number of benzene rings is 1. The molecule has 1 aliphatic rings. The first kappa shape index (κ1) is 20.4. The van der Waals surface area contributed by atoms with E-state index in [4.69, 9.17) is 4.74 Å². The van der Waals surface area contributed by atoms with E-state index in [0.29, 0.717) is 23.1 Å². The van der Waals surface area contributed by atoms with Crippen molar-refractivity contribution >= 4 is 33.9 Å². The number of aryl methyl sites for hydroxylation is 1. The lowest BCUT2D eigenvalue weighted by molar-refractivity contribution is -0.114. The number of hydrogen-bond acceptors (Lipinski definition) is 5. The molecule has 0 saturated carbocycles. The van der Waals surface area contributed by atoms with E-state index < -0.39 is 0 Å². The van der Waals surface area contributed by atoms with E-state index in [0.717, 1.165) is 36.9 Å². The van der Waals surface area contributed by atoms with E-state index in [-0.39, 0.29) is 18.4 Å². The second-order valence-corrected chi connectivity index (χ2v) is 8.33. The summed E-state index contributed by atoms with van der Waals surface area (Å²) < 4.78 is 5.25. The zero-order valence-corrected chi connectivity index (χ0v) is 17.6. The van der Waals surface area contributed by atoms with Crippen LogP contribution in [-0.2, 0) is 28.8 Å². The molecule has 1 unspecified atom stereocenters. The maximum absolute atomic E-state index is 12.5. The van der Waals surface area contributed by atoms with Crippen LogP contribution in [0.2, 0.25) is 0 Å². The standard InChI is InChI=1S/C22H28N2O3S/c1-4-15-7-9-16(10-8-15)23-13-19(25)24-21-20(22(26)27-5-2)17-11-6-14(3)12-18(17)28-21/h7-10,14,23H,4-6,11-13H2,1-3H3,(H,24,25). The number of amides is 1. The zero-order valence-electron chi connectivity index (χ0n) is 16.8. The molecule has 5 nitrogen and oxygen atoms in total. The van der Waals surface area contributed by atoms with Crippen molar-refractivity contribution in [3.05, 3.63) is 45.8 Å². The maximum atomic E-state index is 12.5. The number of rotatable bonds is 7. The van der Waals surface area contributed by atoms with Crippen LogP contribution in [0.25, 0.3) is 0 Å². The maximum Gasteiger partial charge on any atom is 0.341 e. The van der Waals surface area contributed by atoms with Gasteiger partial charge in [-0.25, -0.2) is 4.79 Å². The van der Waals surface area contributed by atoms with Crippen molar-refractivity contribution in [1.29, 1.82) is 0 Å². The van der Waals surface area contributed by atoms with Gasteiger partial charge in [-0.3, -0.25) is 4.79 Å². The third-order valence-electron chi connectivity index (χ3n) is 5.06. The van der Waals surface area contributed by atoms with Gasteiger partial charge in [-0.1, -0.05) is 26.0 Å². The molecule has 28 heavy (non-hydrogen) atoms. The summed E-state index contributed by atoms with van der Waals surface area (Å²) in [5.74, 6) is 0.0854. The third-order valence-corrected chi connectivity index (χ3v) is 6.23. The minimum absolute atomic E-state index is 0.146. The molecule has 0 spiro atoms. The number of ether oxygens (including phenoxy) is 1. The first-order valence-electron chi connectivity index (χ1n) is 9.96. The van der Waals surface area contributed by atoms with Crippen LogP contribution >= 0.6 is 11.3 Å². The average molecular weight is 401 g/mol. The Morgan fingerprint density at radius 1 is 1.21 bits per heavy atom. The second-order valence-electron chi connectivity index (χ2n) is 7.23. The average Bonchev–Trinajstić information content (AvgIpc) is 3.03. The van der Waals surface area contributed by atoms with Crippen LogP contribution < -0.4 is 10.6 Å². The van der Waals surface area contributed by atoms with Gasteiger partial charge in [-0.15, -0.1) is 11.3 Å². The number of hydrogen-bond donors (Lipinski definition) is 2. The van der Waals surface area contributed by atoms with Crippen molar-refractivity contribution in [2.75, 3.05) is 23.8 Å². The van der Waals surface area contributed by atoms with Crippen molar-refractivity contribution in [3.63, 3.8) is 0 Å². The van der Waals surface area contributed by atoms with Gasteiger partial charge in [0.1, 0.15) is 5.00 Å². The fraction of sp³-hybridized carbons (Fsp3) is 0.455. The van der Waals surface area contributed by atoms with Gasteiger partial charge in [0.15, 0.2) is 0 Å². The summed E-state index contributed by atoms with van der Waals surface area (Å²) in [5, 5.41) is 6.68. The number of carbonyl (C=O) groups excluding carboxylic acids is 2. The molecule has 150 valence electrons. The highest BCUT2D eigenvalue weighted by Crippen LogP contribution is 2.40.